The molecule has 233 valence electrons. The van der Waals surface area contributed by atoms with E-state index in [2.05, 4.69) is 35.6 Å². The molecule has 3 heterocycles. The van der Waals surface area contributed by atoms with Gasteiger partial charge in [-0.25, -0.2) is 8.42 Å². The fourth-order valence-corrected chi connectivity index (χ4v) is 8.44. The molecule has 0 amide bonds. The number of hydrogen-bond donors (Lipinski definition) is 3. The second kappa shape index (κ2) is 13.1. The van der Waals surface area contributed by atoms with Gasteiger partial charge in [0.2, 0.25) is 5.95 Å². The van der Waals surface area contributed by atoms with E-state index in [0.717, 1.165) is 57.0 Å². The highest BCUT2D eigenvalue weighted by atomic mass is 35.5. The van der Waals surface area contributed by atoms with E-state index in [-0.39, 0.29) is 21.8 Å². The van der Waals surface area contributed by atoms with Crippen molar-refractivity contribution in [1.29, 1.82) is 0 Å². The maximum absolute atomic E-state index is 12.9. The van der Waals surface area contributed by atoms with Crippen molar-refractivity contribution < 1.29 is 18.0 Å². The zero-order chi connectivity index (χ0) is 30.8. The van der Waals surface area contributed by atoms with Crippen LogP contribution in [-0.4, -0.2) is 97.0 Å². The van der Waals surface area contributed by atoms with Crippen molar-refractivity contribution in [2.75, 3.05) is 67.8 Å². The monoisotopic (exact) mass is 648 g/mol. The lowest BCUT2D eigenvalue weighted by Crippen LogP contribution is -2.49. The predicted molar refractivity (Wildman–Crippen MR) is 175 cm³/mol. The van der Waals surface area contributed by atoms with Crippen molar-refractivity contribution in [3.8, 4) is 5.75 Å². The number of anilines is 5. The summed E-state index contributed by atoms with van der Waals surface area (Å²) in [5.74, 6) is 0.970. The Bertz CT molecular complexity index is 1540. The van der Waals surface area contributed by atoms with Gasteiger partial charge in [-0.2, -0.15) is 4.98 Å². The van der Waals surface area contributed by atoms with E-state index in [9.17, 15) is 13.3 Å². The number of piperidine rings is 1. The number of rotatable bonds is 9. The number of ether oxygens (including phenoxy) is 1. The van der Waals surface area contributed by atoms with E-state index >= 15 is 0 Å². The molecular weight excluding hydrogens is 609 g/mol. The fraction of sp³-hybridized carbons (Fsp3) is 0.483. The Morgan fingerprint density at radius 2 is 1.72 bits per heavy atom. The summed E-state index contributed by atoms with van der Waals surface area (Å²) in [6, 6.07) is 13.1. The molecule has 2 fully saturated rings. The lowest BCUT2D eigenvalue weighted by Gasteiger charge is -2.44. The number of para-hydroxylation sites is 1. The van der Waals surface area contributed by atoms with Gasteiger partial charge in [0.25, 0.3) is 0 Å². The predicted octanol–water partition coefficient (Wildman–Crippen LogP) is 5.04. The van der Waals surface area contributed by atoms with Crippen LogP contribution < -0.4 is 20.3 Å². The first-order valence-electron chi connectivity index (χ1n) is 14.5. The average molecular weight is 649 g/mol. The number of benzene rings is 2. The molecule has 14 heteroatoms. The van der Waals surface area contributed by atoms with E-state index in [1.165, 1.54) is 0 Å². The van der Waals surface area contributed by atoms with Crippen molar-refractivity contribution >= 4 is 57.8 Å². The summed E-state index contributed by atoms with van der Waals surface area (Å²) in [4.78, 5) is 20.0. The molecule has 0 spiro atoms. The molecule has 1 aromatic heterocycles. The van der Waals surface area contributed by atoms with Crippen LogP contribution in [0.15, 0.2) is 47.4 Å². The number of hydrogen-bond acceptors (Lipinski definition) is 11. The van der Waals surface area contributed by atoms with E-state index in [4.69, 9.17) is 16.3 Å². The topological polar surface area (TPSA) is 133 Å². The Morgan fingerprint density at radius 1 is 1.02 bits per heavy atom. The molecule has 43 heavy (non-hydrogen) atoms. The number of halogens is 1. The molecule has 0 bridgehead atoms. The first-order chi connectivity index (χ1) is 20.5. The van der Waals surface area contributed by atoms with Crippen LogP contribution in [0.25, 0.3) is 0 Å². The van der Waals surface area contributed by atoms with E-state index in [1.54, 1.807) is 45.2 Å². The van der Waals surface area contributed by atoms with Gasteiger partial charge in [0.05, 0.1) is 28.6 Å². The van der Waals surface area contributed by atoms with Crippen molar-refractivity contribution in [1.82, 2.24) is 20.1 Å². The molecule has 5 rings (SSSR count). The van der Waals surface area contributed by atoms with Gasteiger partial charge in [0, 0.05) is 44.0 Å². The van der Waals surface area contributed by atoms with Crippen molar-refractivity contribution in [2.24, 2.45) is 0 Å². The van der Waals surface area contributed by atoms with Gasteiger partial charge in [0.1, 0.15) is 5.75 Å². The van der Waals surface area contributed by atoms with Crippen molar-refractivity contribution in [2.45, 2.75) is 42.9 Å². The number of sulfone groups is 1. The van der Waals surface area contributed by atoms with Gasteiger partial charge in [0.15, 0.2) is 20.8 Å². The van der Waals surface area contributed by atoms with Crippen molar-refractivity contribution in [3.63, 3.8) is 0 Å². The minimum atomic E-state index is -3.55. The van der Waals surface area contributed by atoms with Crippen LogP contribution in [0, 0.1) is 0 Å². The zero-order valence-electron chi connectivity index (χ0n) is 25.0. The summed E-state index contributed by atoms with van der Waals surface area (Å²) < 4.78 is 31.5. The molecule has 0 atom stereocenters. The number of methoxy groups -OCH3 is 1. The van der Waals surface area contributed by atoms with Crippen LogP contribution in [0.3, 0.4) is 0 Å². The Labute approximate surface area is 259 Å². The second-order valence-electron chi connectivity index (χ2n) is 11.5. The first kappa shape index (κ1) is 31.7. The quantitative estimate of drug-likeness (QED) is 0.270. The van der Waals surface area contributed by atoms with Crippen molar-refractivity contribution in [3.05, 3.63) is 47.6 Å². The SMILES string of the molecule is COc1cc(N2CCC(N3CC[P](C)(O)CC3)CC2)ccc1Nc1nnc(Cl)c(Nc2ccccc2S(=O)(=O)C(C)C)n1. The molecule has 3 aromatic rings. The average Bonchev–Trinajstić information content (AvgIpc) is 2.99. The van der Waals surface area contributed by atoms with Gasteiger partial charge in [-0.1, -0.05) is 23.7 Å². The third-order valence-corrected chi connectivity index (χ3v) is 13.0. The van der Waals surface area contributed by atoms with Gasteiger partial charge >= 0.3 is 0 Å². The molecule has 1 radical (unpaired) electrons. The Balaban J connectivity index is 1.27. The van der Waals surface area contributed by atoms with Gasteiger partial charge < -0.3 is 25.2 Å². The highest BCUT2D eigenvalue weighted by Gasteiger charge is 2.31. The molecule has 3 N–H and O–H groups in total. The van der Waals surface area contributed by atoms with E-state index in [1.807, 2.05) is 24.9 Å². The van der Waals surface area contributed by atoms with Gasteiger partial charge in [-0.05, 0) is 77.4 Å². The minimum absolute atomic E-state index is 0.00427. The molecular formula is C29H40ClN7O4PS. The summed E-state index contributed by atoms with van der Waals surface area (Å²) in [5, 5.41) is 13.7. The Hall–Kier alpha value is -2.76. The maximum atomic E-state index is 12.9. The highest BCUT2D eigenvalue weighted by molar-refractivity contribution is 7.92. The smallest absolute Gasteiger partial charge is 0.249 e. The molecule has 2 aromatic carbocycles. The van der Waals surface area contributed by atoms with Gasteiger partial charge in [-0.3, -0.25) is 4.90 Å². The first-order valence-corrected chi connectivity index (χ1v) is 19.0. The summed E-state index contributed by atoms with van der Waals surface area (Å²) in [6.45, 7) is 9.23. The van der Waals surface area contributed by atoms with Crippen LogP contribution in [0.4, 0.5) is 28.8 Å². The number of aromatic nitrogens is 3. The lowest BCUT2D eigenvalue weighted by molar-refractivity contribution is 0.180. The van der Waals surface area contributed by atoms with Gasteiger partial charge in [-0.15, -0.1) is 10.2 Å². The molecule has 2 saturated heterocycles. The Morgan fingerprint density at radius 3 is 2.40 bits per heavy atom. The normalized spacial score (nSPS) is 18.1. The van der Waals surface area contributed by atoms with Crippen LogP contribution in [0.2, 0.25) is 5.15 Å². The van der Waals surface area contributed by atoms with Crippen LogP contribution in [0.5, 0.6) is 5.75 Å². The maximum Gasteiger partial charge on any atom is 0.249 e. The Kier molecular flexibility index (Phi) is 9.63. The summed E-state index contributed by atoms with van der Waals surface area (Å²) in [5.41, 5.74) is 2.08. The van der Waals surface area contributed by atoms with E-state index < -0.39 is 22.6 Å². The summed E-state index contributed by atoms with van der Waals surface area (Å²) in [7, 11) is -3.61. The molecule has 0 aliphatic carbocycles. The number of nitrogens with zero attached hydrogens (tertiary/aromatic N) is 5. The molecule has 2 aliphatic rings. The largest absolute Gasteiger partial charge is 0.494 e. The fourth-order valence-electron chi connectivity index (χ4n) is 5.51. The summed E-state index contributed by atoms with van der Waals surface area (Å²) in [6.07, 6.45) is 4.06. The van der Waals surface area contributed by atoms with E-state index in [0.29, 0.717) is 23.2 Å². The lowest BCUT2D eigenvalue weighted by atomic mass is 10.0. The van der Waals surface area contributed by atoms with Crippen LogP contribution in [0.1, 0.15) is 26.7 Å². The molecule has 11 nitrogen and oxygen atoms in total. The van der Waals surface area contributed by atoms with Crippen LogP contribution in [-0.2, 0) is 9.84 Å². The zero-order valence-corrected chi connectivity index (χ0v) is 27.5. The third kappa shape index (κ3) is 7.32. The molecule has 0 saturated carbocycles. The molecule has 0 unspecified atom stereocenters. The number of nitrogens with one attached hydrogen (secondary N) is 2. The molecule has 2 aliphatic heterocycles. The second-order valence-corrected chi connectivity index (χ2v) is 17.9. The summed E-state index contributed by atoms with van der Waals surface area (Å²) >= 11 is 6.30. The minimum Gasteiger partial charge on any atom is -0.494 e. The standard InChI is InChI=1S/C29H40ClN7O4PS/c1-20(2)43(39,40)26-8-6-5-7-24(26)31-28-27(30)34-35-29(33-28)32-23-10-9-22(19-25(23)41-3)36-13-11-21(12-14-36)37-15-17-42(4,38)18-16-37/h5-10,19-21,38H,11-18H2,1-4H3,(H2,31,32,33,35). The van der Waals surface area contributed by atoms with Crippen LogP contribution >= 0.6 is 19.1 Å². The third-order valence-electron chi connectivity index (χ3n) is 8.23. The highest BCUT2D eigenvalue weighted by Crippen LogP contribution is 2.52.